The second-order valence-corrected chi connectivity index (χ2v) is 5.88. The minimum Gasteiger partial charge on any atom is -0.497 e. The average Bonchev–Trinajstić information content (AvgIpc) is 3.09. The van der Waals surface area contributed by atoms with Gasteiger partial charge in [-0.3, -0.25) is 4.79 Å². The molecule has 1 amide bonds. The highest BCUT2D eigenvalue weighted by Gasteiger charge is 2.08. The van der Waals surface area contributed by atoms with E-state index in [0.29, 0.717) is 12.2 Å². The molecule has 0 atom stereocenters. The third kappa shape index (κ3) is 4.61. The summed E-state index contributed by atoms with van der Waals surface area (Å²) in [4.78, 5) is 15.3. The van der Waals surface area contributed by atoms with E-state index < -0.39 is 0 Å². The topological polar surface area (TPSA) is 66.2 Å². The van der Waals surface area contributed by atoms with E-state index >= 15 is 0 Å². The van der Waals surface area contributed by atoms with Crippen molar-refractivity contribution >= 4 is 16.8 Å². The molecule has 0 unspecified atom stereocenters. The third-order valence-electron chi connectivity index (χ3n) is 4.09. The van der Waals surface area contributed by atoms with Gasteiger partial charge in [0.05, 0.1) is 7.11 Å². The van der Waals surface area contributed by atoms with E-state index in [1.165, 1.54) is 5.56 Å². The van der Waals surface area contributed by atoms with E-state index in [9.17, 15) is 4.79 Å². The summed E-state index contributed by atoms with van der Waals surface area (Å²) in [6.07, 6.45) is 0.924. The number of nitrogens with one attached hydrogen (secondary N) is 3. The summed E-state index contributed by atoms with van der Waals surface area (Å²) in [5, 5.41) is 7.31. The number of rotatable bonds is 8. The number of methoxy groups -OCH3 is 1. The molecule has 0 saturated heterocycles. The second kappa shape index (κ2) is 8.35. The largest absolute Gasteiger partial charge is 0.497 e. The molecule has 5 heteroatoms. The van der Waals surface area contributed by atoms with Gasteiger partial charge in [0.1, 0.15) is 11.4 Å². The lowest BCUT2D eigenvalue weighted by Gasteiger charge is -2.07. The van der Waals surface area contributed by atoms with Crippen LogP contribution in [-0.4, -0.2) is 37.6 Å². The molecular weight excluding hydrogens is 314 g/mol. The molecule has 3 aromatic rings. The van der Waals surface area contributed by atoms with Crippen molar-refractivity contribution in [2.75, 3.05) is 26.7 Å². The third-order valence-corrected chi connectivity index (χ3v) is 4.09. The van der Waals surface area contributed by atoms with Crippen LogP contribution in [0.15, 0.2) is 54.6 Å². The Kier molecular flexibility index (Phi) is 5.69. The molecule has 1 heterocycles. The van der Waals surface area contributed by atoms with Gasteiger partial charge in [0.15, 0.2) is 0 Å². The van der Waals surface area contributed by atoms with Crippen molar-refractivity contribution < 1.29 is 9.53 Å². The molecule has 3 rings (SSSR count). The highest BCUT2D eigenvalue weighted by molar-refractivity contribution is 5.97. The van der Waals surface area contributed by atoms with Gasteiger partial charge in [0, 0.05) is 24.0 Å². The summed E-state index contributed by atoms with van der Waals surface area (Å²) < 4.78 is 5.22. The van der Waals surface area contributed by atoms with E-state index in [2.05, 4.69) is 21.7 Å². The molecule has 0 aliphatic heterocycles. The molecule has 130 valence electrons. The van der Waals surface area contributed by atoms with Crippen LogP contribution in [0.1, 0.15) is 16.1 Å². The van der Waals surface area contributed by atoms with Gasteiger partial charge in [-0.15, -0.1) is 0 Å². The molecular formula is C20H23N3O2. The molecule has 0 spiro atoms. The predicted octanol–water partition coefficient (Wildman–Crippen LogP) is 2.74. The summed E-state index contributed by atoms with van der Waals surface area (Å²) in [7, 11) is 1.67. The summed E-state index contributed by atoms with van der Waals surface area (Å²) in [5.74, 6) is 0.800. The molecule has 0 aliphatic rings. The quantitative estimate of drug-likeness (QED) is 0.554. The van der Waals surface area contributed by atoms with Gasteiger partial charge >= 0.3 is 0 Å². The number of carbonyl (C=O) groups is 1. The number of hydrogen-bond donors (Lipinski definition) is 3. The van der Waals surface area contributed by atoms with E-state index in [4.69, 9.17) is 4.74 Å². The number of para-hydroxylation sites is 1. The molecule has 5 nitrogen and oxygen atoms in total. The Morgan fingerprint density at radius 3 is 2.76 bits per heavy atom. The molecule has 1 aromatic heterocycles. The van der Waals surface area contributed by atoms with Crippen LogP contribution in [0.2, 0.25) is 0 Å². The van der Waals surface area contributed by atoms with Crippen molar-refractivity contribution in [3.05, 3.63) is 65.9 Å². The zero-order valence-electron chi connectivity index (χ0n) is 14.3. The first-order chi connectivity index (χ1) is 12.3. The molecule has 0 fully saturated rings. The summed E-state index contributed by atoms with van der Waals surface area (Å²) in [6.45, 7) is 2.18. The van der Waals surface area contributed by atoms with Crippen LogP contribution in [0.4, 0.5) is 0 Å². The minimum absolute atomic E-state index is 0.0780. The first-order valence-corrected chi connectivity index (χ1v) is 8.46. The fourth-order valence-electron chi connectivity index (χ4n) is 2.74. The van der Waals surface area contributed by atoms with E-state index in [1.807, 2.05) is 48.5 Å². The molecule has 3 N–H and O–H groups in total. The number of carbonyl (C=O) groups excluding carboxylic acids is 1. The Morgan fingerprint density at radius 2 is 1.92 bits per heavy atom. The molecule has 0 saturated carbocycles. The van der Waals surface area contributed by atoms with Crippen molar-refractivity contribution in [2.45, 2.75) is 6.42 Å². The first kappa shape index (κ1) is 17.0. The number of H-pyrrole nitrogens is 1. The highest BCUT2D eigenvalue weighted by Crippen LogP contribution is 2.14. The smallest absolute Gasteiger partial charge is 0.267 e. The van der Waals surface area contributed by atoms with Gasteiger partial charge in [0.25, 0.3) is 5.91 Å². The fraction of sp³-hybridized carbons (Fsp3) is 0.250. The van der Waals surface area contributed by atoms with Crippen LogP contribution >= 0.6 is 0 Å². The molecule has 0 aliphatic carbocycles. The van der Waals surface area contributed by atoms with Crippen molar-refractivity contribution in [3.8, 4) is 5.75 Å². The van der Waals surface area contributed by atoms with Gasteiger partial charge in [0.2, 0.25) is 0 Å². The lowest BCUT2D eigenvalue weighted by atomic mass is 10.1. The van der Waals surface area contributed by atoms with Crippen molar-refractivity contribution in [1.29, 1.82) is 0 Å². The first-order valence-electron chi connectivity index (χ1n) is 8.46. The van der Waals surface area contributed by atoms with Crippen molar-refractivity contribution in [2.24, 2.45) is 0 Å². The van der Waals surface area contributed by atoms with E-state index in [0.717, 1.165) is 36.2 Å². The maximum Gasteiger partial charge on any atom is 0.267 e. The number of aromatic nitrogens is 1. The van der Waals surface area contributed by atoms with Gasteiger partial charge in [-0.25, -0.2) is 0 Å². The van der Waals surface area contributed by atoms with Gasteiger partial charge < -0.3 is 20.4 Å². The van der Waals surface area contributed by atoms with Crippen LogP contribution in [0, 0.1) is 0 Å². The standard InChI is InChI=1S/C20H23N3O2/c1-25-17-7-4-5-15(13-17)9-10-21-11-12-22-20(24)19-14-16-6-2-3-8-18(16)23-19/h2-8,13-14,21,23H,9-12H2,1H3,(H,22,24). The monoisotopic (exact) mass is 337 g/mol. The Labute approximate surface area is 147 Å². The lowest BCUT2D eigenvalue weighted by Crippen LogP contribution is -2.32. The Bertz CT molecular complexity index is 809. The number of benzene rings is 2. The van der Waals surface area contributed by atoms with Crippen LogP contribution < -0.4 is 15.4 Å². The van der Waals surface area contributed by atoms with Crippen molar-refractivity contribution in [3.63, 3.8) is 0 Å². The van der Waals surface area contributed by atoms with Crippen LogP contribution in [0.3, 0.4) is 0 Å². The van der Waals surface area contributed by atoms with Gasteiger partial charge in [-0.2, -0.15) is 0 Å². The number of amides is 1. The Balaban J connectivity index is 1.37. The fourth-order valence-corrected chi connectivity index (χ4v) is 2.74. The predicted molar refractivity (Wildman–Crippen MR) is 100 cm³/mol. The highest BCUT2D eigenvalue weighted by atomic mass is 16.5. The molecule has 25 heavy (non-hydrogen) atoms. The second-order valence-electron chi connectivity index (χ2n) is 5.88. The van der Waals surface area contributed by atoms with Crippen molar-refractivity contribution in [1.82, 2.24) is 15.6 Å². The minimum atomic E-state index is -0.0780. The Morgan fingerprint density at radius 1 is 1.04 bits per heavy atom. The number of fused-ring (bicyclic) bond motifs is 1. The lowest BCUT2D eigenvalue weighted by molar-refractivity contribution is 0.0950. The zero-order chi connectivity index (χ0) is 17.5. The average molecular weight is 337 g/mol. The van der Waals surface area contributed by atoms with Crippen LogP contribution in [0.25, 0.3) is 10.9 Å². The van der Waals surface area contributed by atoms with E-state index in [-0.39, 0.29) is 5.91 Å². The Hall–Kier alpha value is -2.79. The molecule has 0 radical (unpaired) electrons. The molecule has 0 bridgehead atoms. The van der Waals surface area contributed by atoms with Gasteiger partial charge in [-0.1, -0.05) is 30.3 Å². The normalized spacial score (nSPS) is 10.8. The molecule has 2 aromatic carbocycles. The van der Waals surface area contributed by atoms with E-state index in [1.54, 1.807) is 7.11 Å². The maximum absolute atomic E-state index is 12.2. The van der Waals surface area contributed by atoms with Gasteiger partial charge in [-0.05, 0) is 42.8 Å². The SMILES string of the molecule is COc1cccc(CCNCCNC(=O)c2cc3ccccc3[nH]2)c1. The van der Waals surface area contributed by atoms with Crippen LogP contribution in [0.5, 0.6) is 5.75 Å². The summed E-state index contributed by atoms with van der Waals surface area (Å²) >= 11 is 0. The number of hydrogen-bond acceptors (Lipinski definition) is 3. The summed E-state index contributed by atoms with van der Waals surface area (Å²) in [6, 6.07) is 17.8. The summed E-state index contributed by atoms with van der Waals surface area (Å²) in [5.41, 5.74) is 2.80. The number of ether oxygens (including phenoxy) is 1. The zero-order valence-corrected chi connectivity index (χ0v) is 14.3. The van der Waals surface area contributed by atoms with Crippen LogP contribution in [-0.2, 0) is 6.42 Å². The number of aromatic amines is 1. The maximum atomic E-state index is 12.2.